The second-order valence-corrected chi connectivity index (χ2v) is 10.7. The Morgan fingerprint density at radius 2 is 1.42 bits per heavy atom. The molecule has 1 heterocycles. The fraction of sp³-hybridized carbons (Fsp3) is 0.167. The van der Waals surface area contributed by atoms with Crippen LogP contribution < -0.4 is 4.74 Å². The SMILES string of the molecule is Cc1ccc(C2(c3ccc(C)cc3)C=Cc3c(c4c(c5ccccc35)-c3ccc(CO)cc3CC4)O2)cc1. The summed E-state index contributed by atoms with van der Waals surface area (Å²) in [5, 5.41) is 12.2. The first kappa shape index (κ1) is 23.0. The highest BCUT2D eigenvalue weighted by molar-refractivity contribution is 6.06. The number of hydrogen-bond acceptors (Lipinski definition) is 2. The number of aliphatic hydroxyl groups is 1. The minimum Gasteiger partial charge on any atom is -0.473 e. The standard InChI is InChI=1S/C36H30O2/c1-23-7-13-27(14-8-23)36(28-15-9-24(2)10-16-28)20-19-32-30-5-3-4-6-31(30)34-29-17-11-25(22-37)21-26(29)12-18-33(34)35(32)38-36/h3-11,13-17,19-21,37H,12,18,22H2,1-2H3. The van der Waals surface area contributed by atoms with Crippen molar-refractivity contribution < 1.29 is 9.84 Å². The van der Waals surface area contributed by atoms with Crippen LogP contribution in [0.15, 0.2) is 97.1 Å². The Labute approximate surface area is 223 Å². The van der Waals surface area contributed by atoms with Gasteiger partial charge in [-0.15, -0.1) is 0 Å². The van der Waals surface area contributed by atoms with Gasteiger partial charge in [-0.25, -0.2) is 0 Å². The van der Waals surface area contributed by atoms with Crippen molar-refractivity contribution in [1.29, 1.82) is 0 Å². The van der Waals surface area contributed by atoms with Crippen molar-refractivity contribution in [2.45, 2.75) is 38.9 Å². The van der Waals surface area contributed by atoms with Crippen LogP contribution in [0.25, 0.3) is 28.0 Å². The third-order valence-electron chi connectivity index (χ3n) is 8.28. The summed E-state index contributed by atoms with van der Waals surface area (Å²) in [7, 11) is 0. The van der Waals surface area contributed by atoms with E-state index in [9.17, 15) is 5.11 Å². The highest BCUT2D eigenvalue weighted by atomic mass is 16.5. The molecule has 0 saturated heterocycles. The molecule has 5 aromatic rings. The number of aryl methyl sites for hydroxylation is 3. The molecular weight excluding hydrogens is 464 g/mol. The van der Waals surface area contributed by atoms with Gasteiger partial charge >= 0.3 is 0 Å². The number of aliphatic hydroxyl groups excluding tert-OH is 1. The summed E-state index contributed by atoms with van der Waals surface area (Å²) in [6, 6.07) is 32.6. The van der Waals surface area contributed by atoms with Gasteiger partial charge in [0.15, 0.2) is 5.60 Å². The highest BCUT2D eigenvalue weighted by Gasteiger charge is 2.39. The van der Waals surface area contributed by atoms with Crippen molar-refractivity contribution in [1.82, 2.24) is 0 Å². The Balaban J connectivity index is 1.51. The number of fused-ring (bicyclic) bond motifs is 8. The summed E-state index contributed by atoms with van der Waals surface area (Å²) >= 11 is 0. The average Bonchev–Trinajstić information content (AvgIpc) is 2.97. The summed E-state index contributed by atoms with van der Waals surface area (Å²) in [6.07, 6.45) is 6.35. The summed E-state index contributed by atoms with van der Waals surface area (Å²) in [4.78, 5) is 0. The van der Waals surface area contributed by atoms with E-state index in [-0.39, 0.29) is 6.61 Å². The molecule has 186 valence electrons. The fourth-order valence-electron chi connectivity index (χ4n) is 6.26. The van der Waals surface area contributed by atoms with Crippen LogP contribution in [-0.2, 0) is 25.0 Å². The lowest BCUT2D eigenvalue weighted by molar-refractivity contribution is 0.159. The molecule has 0 bridgehead atoms. The Hall–Kier alpha value is -4.14. The maximum Gasteiger partial charge on any atom is 0.178 e. The largest absolute Gasteiger partial charge is 0.473 e. The Morgan fingerprint density at radius 1 is 0.763 bits per heavy atom. The average molecular weight is 495 g/mol. The van der Waals surface area contributed by atoms with E-state index in [2.05, 4.69) is 111 Å². The molecule has 2 nitrogen and oxygen atoms in total. The van der Waals surface area contributed by atoms with E-state index in [4.69, 9.17) is 4.74 Å². The van der Waals surface area contributed by atoms with Gasteiger partial charge in [0.1, 0.15) is 5.75 Å². The van der Waals surface area contributed by atoms with E-state index in [0.717, 1.165) is 40.8 Å². The van der Waals surface area contributed by atoms with Gasteiger partial charge in [-0.05, 0) is 71.9 Å². The topological polar surface area (TPSA) is 29.5 Å². The molecule has 2 aliphatic rings. The van der Waals surface area contributed by atoms with Gasteiger partial charge in [-0.2, -0.15) is 0 Å². The molecule has 38 heavy (non-hydrogen) atoms. The molecule has 0 aromatic heterocycles. The van der Waals surface area contributed by atoms with E-state index >= 15 is 0 Å². The van der Waals surface area contributed by atoms with Gasteiger partial charge in [0.25, 0.3) is 0 Å². The summed E-state index contributed by atoms with van der Waals surface area (Å²) in [5.41, 5.74) is 11.2. The zero-order chi connectivity index (χ0) is 25.9. The van der Waals surface area contributed by atoms with Crippen LogP contribution in [0.4, 0.5) is 0 Å². The van der Waals surface area contributed by atoms with Crippen LogP contribution in [0, 0.1) is 13.8 Å². The molecular formula is C36H30O2. The van der Waals surface area contributed by atoms with E-state index in [0.29, 0.717) is 0 Å². The zero-order valence-electron chi connectivity index (χ0n) is 21.8. The first-order valence-corrected chi connectivity index (χ1v) is 13.4. The molecule has 1 aliphatic heterocycles. The maximum atomic E-state index is 9.74. The van der Waals surface area contributed by atoms with E-state index in [1.807, 2.05) is 6.07 Å². The number of rotatable bonds is 3. The second-order valence-electron chi connectivity index (χ2n) is 10.7. The molecule has 1 N–H and O–H groups in total. The Kier molecular flexibility index (Phi) is 5.28. The van der Waals surface area contributed by atoms with Crippen LogP contribution in [-0.4, -0.2) is 5.11 Å². The number of ether oxygens (including phenoxy) is 1. The molecule has 0 radical (unpaired) electrons. The molecule has 0 spiro atoms. The Morgan fingerprint density at radius 3 is 2.08 bits per heavy atom. The van der Waals surface area contributed by atoms with Crippen LogP contribution in [0.3, 0.4) is 0 Å². The van der Waals surface area contributed by atoms with Crippen molar-refractivity contribution in [2.24, 2.45) is 0 Å². The predicted molar refractivity (Wildman–Crippen MR) is 156 cm³/mol. The Bertz CT molecular complexity index is 1680. The second kappa shape index (κ2) is 8.72. The molecule has 0 unspecified atom stereocenters. The van der Waals surface area contributed by atoms with E-state index in [1.165, 1.54) is 44.2 Å². The fourth-order valence-corrected chi connectivity index (χ4v) is 6.26. The first-order valence-electron chi connectivity index (χ1n) is 13.4. The van der Waals surface area contributed by atoms with Crippen molar-refractivity contribution in [2.75, 3.05) is 0 Å². The van der Waals surface area contributed by atoms with Crippen molar-refractivity contribution >= 4 is 16.8 Å². The lowest BCUT2D eigenvalue weighted by atomic mass is 9.77. The van der Waals surface area contributed by atoms with Crippen molar-refractivity contribution in [3.63, 3.8) is 0 Å². The van der Waals surface area contributed by atoms with Crippen molar-refractivity contribution in [3.8, 4) is 16.9 Å². The summed E-state index contributed by atoms with van der Waals surface area (Å²) < 4.78 is 7.31. The van der Waals surface area contributed by atoms with Gasteiger partial charge in [-0.1, -0.05) is 102 Å². The van der Waals surface area contributed by atoms with Gasteiger partial charge in [0.2, 0.25) is 0 Å². The smallest absolute Gasteiger partial charge is 0.178 e. The van der Waals surface area contributed by atoms with Crippen LogP contribution in [0.5, 0.6) is 5.75 Å². The van der Waals surface area contributed by atoms with Gasteiger partial charge in [0, 0.05) is 22.3 Å². The monoisotopic (exact) mass is 494 g/mol. The molecule has 0 fully saturated rings. The zero-order valence-corrected chi connectivity index (χ0v) is 21.8. The molecule has 0 saturated carbocycles. The van der Waals surface area contributed by atoms with Crippen molar-refractivity contribution in [3.05, 3.63) is 142 Å². The van der Waals surface area contributed by atoms with Gasteiger partial charge in [0.05, 0.1) is 6.61 Å². The molecule has 5 aromatic carbocycles. The molecule has 0 amide bonds. The van der Waals surface area contributed by atoms with E-state index in [1.54, 1.807) is 0 Å². The number of benzene rings is 5. The highest BCUT2D eigenvalue weighted by Crippen LogP contribution is 2.51. The molecule has 2 heteroatoms. The summed E-state index contributed by atoms with van der Waals surface area (Å²) in [5.74, 6) is 0.985. The lowest BCUT2D eigenvalue weighted by Gasteiger charge is -2.39. The van der Waals surface area contributed by atoms with Crippen LogP contribution in [0.1, 0.15) is 44.5 Å². The summed E-state index contributed by atoms with van der Waals surface area (Å²) in [6.45, 7) is 4.31. The van der Waals surface area contributed by atoms with Gasteiger partial charge in [-0.3, -0.25) is 0 Å². The van der Waals surface area contributed by atoms with Gasteiger partial charge < -0.3 is 9.84 Å². The predicted octanol–water partition coefficient (Wildman–Crippen LogP) is 8.06. The quantitative estimate of drug-likeness (QED) is 0.275. The molecule has 7 rings (SSSR count). The van der Waals surface area contributed by atoms with Crippen LogP contribution in [0.2, 0.25) is 0 Å². The van der Waals surface area contributed by atoms with Crippen LogP contribution >= 0.6 is 0 Å². The first-order chi connectivity index (χ1) is 18.6. The molecule has 1 aliphatic carbocycles. The molecule has 0 atom stereocenters. The normalized spacial score (nSPS) is 14.9. The number of hydrogen-bond donors (Lipinski definition) is 1. The minimum absolute atomic E-state index is 0.0641. The lowest BCUT2D eigenvalue weighted by Crippen LogP contribution is -2.35. The minimum atomic E-state index is -0.717. The third kappa shape index (κ3) is 3.44. The third-order valence-corrected chi connectivity index (χ3v) is 8.28. The maximum absolute atomic E-state index is 9.74. The van der Waals surface area contributed by atoms with E-state index < -0.39 is 5.60 Å².